The predicted octanol–water partition coefficient (Wildman–Crippen LogP) is 3.16. The van der Waals surface area contributed by atoms with Gasteiger partial charge in [0.1, 0.15) is 0 Å². The molecule has 0 spiro atoms. The van der Waals surface area contributed by atoms with E-state index in [1.165, 1.54) is 16.7 Å². The summed E-state index contributed by atoms with van der Waals surface area (Å²) in [6, 6.07) is 19.6. The lowest BCUT2D eigenvalue weighted by Crippen LogP contribution is -2.35. The summed E-state index contributed by atoms with van der Waals surface area (Å²) in [4.78, 5) is 4.55. The van der Waals surface area contributed by atoms with Crippen LogP contribution < -0.4 is 10.2 Å². The van der Waals surface area contributed by atoms with Crippen LogP contribution in [0, 0.1) is 11.3 Å². The molecule has 0 radical (unpaired) electrons. The maximum atomic E-state index is 8.69. The molecule has 1 fully saturated rings. The zero-order valence-corrected chi connectivity index (χ0v) is 16.7. The number of nitrogens with one attached hydrogen (secondary N) is 1. The van der Waals surface area contributed by atoms with E-state index in [2.05, 4.69) is 69.7 Å². The van der Waals surface area contributed by atoms with E-state index in [-0.39, 0.29) is 0 Å². The molecule has 0 atom stereocenters. The first-order chi connectivity index (χ1) is 13.7. The molecule has 1 heterocycles. The van der Waals surface area contributed by atoms with Gasteiger partial charge in [0.05, 0.1) is 25.7 Å². The largest absolute Gasteiger partial charge is 0.379 e. The molecule has 1 aliphatic heterocycles. The second-order valence-corrected chi connectivity index (χ2v) is 7.30. The number of benzene rings is 2. The molecule has 0 bridgehead atoms. The average Bonchev–Trinajstić information content (AvgIpc) is 2.74. The summed E-state index contributed by atoms with van der Waals surface area (Å²) in [5, 5.41) is 12.2. The zero-order chi connectivity index (χ0) is 19.6. The molecule has 1 saturated heterocycles. The second-order valence-electron chi connectivity index (χ2n) is 7.30. The summed E-state index contributed by atoms with van der Waals surface area (Å²) >= 11 is 0. The molecule has 5 heteroatoms. The fourth-order valence-electron chi connectivity index (χ4n) is 3.35. The molecule has 0 saturated carbocycles. The standard InChI is InChI=1S/C23H30N4O/c1-26(12-2-11-24)23-9-7-21(8-10-23)18-25-17-20-3-5-22(6-4-20)19-27-13-15-28-16-14-27/h3-10,25H,2,12-19H2,1H3. The monoisotopic (exact) mass is 378 g/mol. The summed E-state index contributed by atoms with van der Waals surface area (Å²) in [5.74, 6) is 0. The van der Waals surface area contributed by atoms with Crippen molar-refractivity contribution < 1.29 is 4.74 Å². The fraction of sp³-hybridized carbons (Fsp3) is 0.435. The third kappa shape index (κ3) is 6.35. The zero-order valence-electron chi connectivity index (χ0n) is 16.7. The van der Waals surface area contributed by atoms with Gasteiger partial charge in [0.25, 0.3) is 0 Å². The number of nitrogens with zero attached hydrogens (tertiary/aromatic N) is 3. The number of rotatable bonds is 9. The molecule has 28 heavy (non-hydrogen) atoms. The van der Waals surface area contributed by atoms with E-state index >= 15 is 0 Å². The number of nitriles is 1. The van der Waals surface area contributed by atoms with Crippen molar-refractivity contribution in [3.63, 3.8) is 0 Å². The second kappa shape index (κ2) is 10.8. The van der Waals surface area contributed by atoms with Gasteiger partial charge in [-0.3, -0.25) is 4.90 Å². The predicted molar refractivity (Wildman–Crippen MR) is 113 cm³/mol. The smallest absolute Gasteiger partial charge is 0.0640 e. The van der Waals surface area contributed by atoms with E-state index in [1.807, 2.05) is 7.05 Å². The third-order valence-corrected chi connectivity index (χ3v) is 5.13. The van der Waals surface area contributed by atoms with Crippen LogP contribution in [0.15, 0.2) is 48.5 Å². The Balaban J connectivity index is 1.41. The van der Waals surface area contributed by atoms with E-state index in [9.17, 15) is 0 Å². The molecular weight excluding hydrogens is 348 g/mol. The van der Waals surface area contributed by atoms with Crippen LogP contribution in [0.4, 0.5) is 5.69 Å². The van der Waals surface area contributed by atoms with Crippen molar-refractivity contribution >= 4 is 5.69 Å². The molecule has 5 nitrogen and oxygen atoms in total. The summed E-state index contributed by atoms with van der Waals surface area (Å²) < 4.78 is 5.41. The first kappa shape index (κ1) is 20.3. The Kier molecular flexibility index (Phi) is 7.86. The van der Waals surface area contributed by atoms with Crippen molar-refractivity contribution in [2.75, 3.05) is 44.8 Å². The maximum absolute atomic E-state index is 8.69. The number of morpholine rings is 1. The van der Waals surface area contributed by atoms with Gasteiger partial charge in [-0.2, -0.15) is 5.26 Å². The van der Waals surface area contributed by atoms with Crippen molar-refractivity contribution in [2.45, 2.75) is 26.1 Å². The van der Waals surface area contributed by atoms with Gasteiger partial charge in [0.15, 0.2) is 0 Å². The fourth-order valence-corrected chi connectivity index (χ4v) is 3.35. The van der Waals surface area contributed by atoms with E-state index in [0.29, 0.717) is 6.42 Å². The SMILES string of the molecule is CN(CCC#N)c1ccc(CNCc2ccc(CN3CCOCC3)cc2)cc1. The Bertz CT molecular complexity index is 746. The van der Waals surface area contributed by atoms with Crippen LogP contribution in [0.2, 0.25) is 0 Å². The highest BCUT2D eigenvalue weighted by Gasteiger charge is 2.10. The quantitative estimate of drug-likeness (QED) is 0.726. The van der Waals surface area contributed by atoms with Crippen LogP contribution in [0.5, 0.6) is 0 Å². The molecule has 148 valence electrons. The Morgan fingerprint density at radius 1 is 0.964 bits per heavy atom. The van der Waals surface area contributed by atoms with Crippen LogP contribution >= 0.6 is 0 Å². The Labute approximate surface area is 168 Å². The minimum atomic E-state index is 0.547. The molecule has 0 unspecified atom stereocenters. The normalized spacial score (nSPS) is 14.6. The number of hydrogen-bond acceptors (Lipinski definition) is 5. The van der Waals surface area contributed by atoms with Crippen LogP contribution in [0.3, 0.4) is 0 Å². The van der Waals surface area contributed by atoms with E-state index in [0.717, 1.165) is 58.2 Å². The van der Waals surface area contributed by atoms with E-state index in [1.54, 1.807) is 0 Å². The van der Waals surface area contributed by atoms with Crippen molar-refractivity contribution in [1.82, 2.24) is 10.2 Å². The van der Waals surface area contributed by atoms with Crippen molar-refractivity contribution in [1.29, 1.82) is 5.26 Å². The molecular formula is C23H30N4O. The van der Waals surface area contributed by atoms with Crippen LogP contribution in [-0.4, -0.2) is 44.8 Å². The molecule has 3 rings (SSSR count). The molecule has 0 amide bonds. The van der Waals surface area contributed by atoms with Crippen LogP contribution in [0.25, 0.3) is 0 Å². The Morgan fingerprint density at radius 2 is 1.54 bits per heavy atom. The number of anilines is 1. The van der Waals surface area contributed by atoms with Gasteiger partial charge in [-0.15, -0.1) is 0 Å². The average molecular weight is 379 g/mol. The minimum Gasteiger partial charge on any atom is -0.379 e. The van der Waals surface area contributed by atoms with E-state index < -0.39 is 0 Å². The molecule has 2 aromatic carbocycles. The summed E-state index contributed by atoms with van der Waals surface area (Å²) in [7, 11) is 2.02. The lowest BCUT2D eigenvalue weighted by Gasteiger charge is -2.26. The van der Waals surface area contributed by atoms with Gasteiger partial charge in [-0.25, -0.2) is 0 Å². The minimum absolute atomic E-state index is 0.547. The van der Waals surface area contributed by atoms with Crippen molar-refractivity contribution in [2.24, 2.45) is 0 Å². The molecule has 0 aliphatic carbocycles. The van der Waals surface area contributed by atoms with Gasteiger partial charge in [-0.05, 0) is 28.8 Å². The van der Waals surface area contributed by atoms with Crippen LogP contribution in [-0.2, 0) is 24.4 Å². The highest BCUT2D eigenvalue weighted by atomic mass is 16.5. The molecule has 1 N–H and O–H groups in total. The molecule has 2 aromatic rings. The Hall–Kier alpha value is -2.39. The van der Waals surface area contributed by atoms with Gasteiger partial charge in [0, 0.05) is 52.0 Å². The summed E-state index contributed by atoms with van der Waals surface area (Å²) in [6.45, 7) is 7.21. The highest BCUT2D eigenvalue weighted by molar-refractivity contribution is 5.46. The van der Waals surface area contributed by atoms with E-state index in [4.69, 9.17) is 10.00 Å². The number of hydrogen-bond donors (Lipinski definition) is 1. The van der Waals surface area contributed by atoms with Gasteiger partial charge < -0.3 is 15.0 Å². The summed E-state index contributed by atoms with van der Waals surface area (Å²) in [5.41, 5.74) is 5.08. The lowest BCUT2D eigenvalue weighted by molar-refractivity contribution is 0.0342. The molecule has 0 aromatic heterocycles. The first-order valence-electron chi connectivity index (χ1n) is 10.0. The van der Waals surface area contributed by atoms with Crippen molar-refractivity contribution in [3.05, 3.63) is 65.2 Å². The maximum Gasteiger partial charge on any atom is 0.0640 e. The molecule has 1 aliphatic rings. The number of ether oxygens (including phenoxy) is 1. The Morgan fingerprint density at radius 3 is 2.14 bits per heavy atom. The topological polar surface area (TPSA) is 51.5 Å². The van der Waals surface area contributed by atoms with Crippen LogP contribution in [0.1, 0.15) is 23.1 Å². The van der Waals surface area contributed by atoms with Gasteiger partial charge in [-0.1, -0.05) is 36.4 Å². The first-order valence-corrected chi connectivity index (χ1v) is 10.0. The lowest BCUT2D eigenvalue weighted by atomic mass is 10.1. The highest BCUT2D eigenvalue weighted by Crippen LogP contribution is 2.14. The van der Waals surface area contributed by atoms with Gasteiger partial charge >= 0.3 is 0 Å². The van der Waals surface area contributed by atoms with Crippen molar-refractivity contribution in [3.8, 4) is 6.07 Å². The summed E-state index contributed by atoms with van der Waals surface area (Å²) in [6.07, 6.45) is 0.547. The third-order valence-electron chi connectivity index (χ3n) is 5.13. The van der Waals surface area contributed by atoms with Gasteiger partial charge in [0.2, 0.25) is 0 Å².